The van der Waals surface area contributed by atoms with E-state index in [1.165, 1.54) is 10.6 Å². The lowest BCUT2D eigenvalue weighted by Gasteiger charge is -2.36. The first-order chi connectivity index (χ1) is 10.6. The van der Waals surface area contributed by atoms with Crippen LogP contribution in [0.5, 0.6) is 0 Å². The van der Waals surface area contributed by atoms with Gasteiger partial charge in [-0.15, -0.1) is 0 Å². The number of hydrogen-bond donors (Lipinski definition) is 1. The summed E-state index contributed by atoms with van der Waals surface area (Å²) in [6.45, 7) is 2.80. The number of carbonyl (C=O) groups excluding carboxylic acids is 2. The average molecular weight is 304 g/mol. The van der Waals surface area contributed by atoms with Gasteiger partial charge in [-0.25, -0.2) is 4.79 Å². The molecule has 0 bridgehead atoms. The van der Waals surface area contributed by atoms with Gasteiger partial charge in [-0.1, -0.05) is 6.07 Å². The Morgan fingerprint density at radius 3 is 2.59 bits per heavy atom. The smallest absolute Gasteiger partial charge is 0.317 e. The first-order valence-electron chi connectivity index (χ1n) is 7.63. The number of hydrogen-bond acceptors (Lipinski definition) is 3. The fourth-order valence-electron chi connectivity index (χ4n) is 3.10. The lowest BCUT2D eigenvalue weighted by molar-refractivity contribution is -0.133. The van der Waals surface area contributed by atoms with Crippen LogP contribution in [0.4, 0.5) is 4.79 Å². The summed E-state index contributed by atoms with van der Waals surface area (Å²) in [6, 6.07) is 5.07. The normalized spacial score (nSPS) is 19.4. The van der Waals surface area contributed by atoms with Crippen molar-refractivity contribution in [3.8, 4) is 0 Å². The molecule has 0 aliphatic carbocycles. The molecular formula is C15H20N4O3. The van der Waals surface area contributed by atoms with Gasteiger partial charge in [0, 0.05) is 44.5 Å². The summed E-state index contributed by atoms with van der Waals surface area (Å²) in [5.41, 5.74) is -0.167. The van der Waals surface area contributed by atoms with E-state index in [-0.39, 0.29) is 30.1 Å². The highest BCUT2D eigenvalue weighted by molar-refractivity contribution is 5.77. The van der Waals surface area contributed by atoms with Gasteiger partial charge in [0.25, 0.3) is 5.56 Å². The molecule has 0 radical (unpaired) electrons. The molecule has 3 rings (SSSR count). The highest BCUT2D eigenvalue weighted by Gasteiger charge is 2.31. The maximum Gasteiger partial charge on any atom is 0.317 e. The monoisotopic (exact) mass is 304 g/mol. The Kier molecular flexibility index (Phi) is 4.13. The molecule has 2 aliphatic heterocycles. The van der Waals surface area contributed by atoms with Crippen molar-refractivity contribution < 1.29 is 9.59 Å². The number of rotatable bonds is 3. The van der Waals surface area contributed by atoms with Crippen molar-refractivity contribution in [3.63, 3.8) is 0 Å². The van der Waals surface area contributed by atoms with Crippen LogP contribution in [0.3, 0.4) is 0 Å². The molecule has 0 spiro atoms. The molecule has 2 aliphatic rings. The van der Waals surface area contributed by atoms with Gasteiger partial charge in [0.2, 0.25) is 5.91 Å². The van der Waals surface area contributed by atoms with E-state index in [0.717, 1.165) is 19.4 Å². The third-order valence-corrected chi connectivity index (χ3v) is 4.35. The van der Waals surface area contributed by atoms with Gasteiger partial charge in [0.15, 0.2) is 0 Å². The topological polar surface area (TPSA) is 74.7 Å². The van der Waals surface area contributed by atoms with Crippen molar-refractivity contribution in [2.24, 2.45) is 0 Å². The van der Waals surface area contributed by atoms with Gasteiger partial charge >= 0.3 is 6.03 Å². The largest absolute Gasteiger partial charge is 0.341 e. The van der Waals surface area contributed by atoms with E-state index < -0.39 is 0 Å². The molecule has 0 aromatic carbocycles. The number of likely N-dealkylation sites (tertiary alicyclic amines) is 1. The van der Waals surface area contributed by atoms with E-state index in [1.54, 1.807) is 23.2 Å². The molecule has 118 valence electrons. The molecule has 7 nitrogen and oxygen atoms in total. The quantitative estimate of drug-likeness (QED) is 0.845. The predicted molar refractivity (Wildman–Crippen MR) is 80.4 cm³/mol. The fourth-order valence-corrected chi connectivity index (χ4v) is 3.10. The molecule has 2 saturated heterocycles. The van der Waals surface area contributed by atoms with Crippen LogP contribution in [0, 0.1) is 0 Å². The van der Waals surface area contributed by atoms with Crippen LogP contribution in [-0.2, 0) is 11.3 Å². The number of carbonyl (C=O) groups is 2. The van der Waals surface area contributed by atoms with Crippen LogP contribution in [0.2, 0.25) is 0 Å². The van der Waals surface area contributed by atoms with Crippen LogP contribution in [-0.4, -0.2) is 58.5 Å². The van der Waals surface area contributed by atoms with E-state index in [0.29, 0.717) is 19.6 Å². The second kappa shape index (κ2) is 6.21. The molecule has 2 fully saturated rings. The number of piperidine rings is 1. The first kappa shape index (κ1) is 14.6. The van der Waals surface area contributed by atoms with Crippen molar-refractivity contribution >= 4 is 11.9 Å². The van der Waals surface area contributed by atoms with Gasteiger partial charge in [0.05, 0.1) is 0 Å². The van der Waals surface area contributed by atoms with E-state index in [9.17, 15) is 14.4 Å². The molecule has 1 N–H and O–H groups in total. The van der Waals surface area contributed by atoms with Gasteiger partial charge in [-0.05, 0) is 18.9 Å². The minimum atomic E-state index is -0.167. The second-order valence-electron chi connectivity index (χ2n) is 5.70. The van der Waals surface area contributed by atoms with E-state index in [2.05, 4.69) is 5.32 Å². The van der Waals surface area contributed by atoms with Crippen LogP contribution >= 0.6 is 0 Å². The zero-order valence-corrected chi connectivity index (χ0v) is 12.4. The molecule has 1 aromatic rings. The lowest BCUT2D eigenvalue weighted by Crippen LogP contribution is -2.48. The first-order valence-corrected chi connectivity index (χ1v) is 7.63. The van der Waals surface area contributed by atoms with Gasteiger partial charge in [0.1, 0.15) is 6.54 Å². The Morgan fingerprint density at radius 1 is 1.18 bits per heavy atom. The number of nitrogens with zero attached hydrogens (tertiary/aromatic N) is 3. The zero-order chi connectivity index (χ0) is 15.5. The standard InChI is InChI=1S/C15H20N4O3/c20-13-3-1-2-7-18(13)11-14(21)17-8-4-12(5-9-17)19-10-6-16-15(19)22/h1-3,7,12H,4-6,8-11H2,(H,16,22). The molecule has 1 aromatic heterocycles. The fraction of sp³-hybridized carbons (Fsp3) is 0.533. The Labute approximate surface area is 128 Å². The van der Waals surface area contributed by atoms with Crippen LogP contribution in [0.1, 0.15) is 12.8 Å². The molecule has 0 atom stereocenters. The third-order valence-electron chi connectivity index (χ3n) is 4.35. The summed E-state index contributed by atoms with van der Waals surface area (Å²) < 4.78 is 1.42. The van der Waals surface area contributed by atoms with E-state index >= 15 is 0 Å². The number of nitrogens with one attached hydrogen (secondary N) is 1. The van der Waals surface area contributed by atoms with Crippen LogP contribution in [0.25, 0.3) is 0 Å². The number of amides is 3. The van der Waals surface area contributed by atoms with Gasteiger partial charge in [-0.2, -0.15) is 0 Å². The summed E-state index contributed by atoms with van der Waals surface area (Å²) in [4.78, 5) is 39.2. The van der Waals surface area contributed by atoms with Crippen LogP contribution in [0.15, 0.2) is 29.2 Å². The predicted octanol–water partition coefficient (Wildman–Crippen LogP) is -0.135. The molecule has 3 amide bonds. The average Bonchev–Trinajstić information content (AvgIpc) is 2.96. The van der Waals surface area contributed by atoms with E-state index in [1.807, 2.05) is 4.90 Å². The Morgan fingerprint density at radius 2 is 1.95 bits per heavy atom. The lowest BCUT2D eigenvalue weighted by atomic mass is 10.0. The van der Waals surface area contributed by atoms with Crippen molar-refractivity contribution in [2.75, 3.05) is 26.2 Å². The number of urea groups is 1. The SMILES string of the molecule is O=C(Cn1ccccc1=O)N1CCC(N2CCNC2=O)CC1. The van der Waals surface area contributed by atoms with Crippen molar-refractivity contribution in [1.82, 2.24) is 19.7 Å². The highest BCUT2D eigenvalue weighted by Crippen LogP contribution is 2.18. The summed E-state index contributed by atoms with van der Waals surface area (Å²) >= 11 is 0. The molecule has 0 saturated carbocycles. The molecule has 3 heterocycles. The Bertz CT molecular complexity index is 619. The van der Waals surface area contributed by atoms with Gasteiger partial charge in [-0.3, -0.25) is 9.59 Å². The van der Waals surface area contributed by atoms with E-state index in [4.69, 9.17) is 0 Å². The highest BCUT2D eigenvalue weighted by atomic mass is 16.2. The maximum absolute atomic E-state index is 12.3. The Balaban J connectivity index is 1.55. The van der Waals surface area contributed by atoms with Gasteiger partial charge < -0.3 is 19.7 Å². The minimum absolute atomic E-state index is 0.000569. The summed E-state index contributed by atoms with van der Waals surface area (Å²) in [7, 11) is 0. The van der Waals surface area contributed by atoms with Crippen molar-refractivity contribution in [1.29, 1.82) is 0 Å². The van der Waals surface area contributed by atoms with Crippen molar-refractivity contribution in [2.45, 2.75) is 25.4 Å². The Hall–Kier alpha value is -2.31. The summed E-state index contributed by atoms with van der Waals surface area (Å²) in [6.07, 6.45) is 3.22. The third kappa shape index (κ3) is 2.98. The van der Waals surface area contributed by atoms with Crippen molar-refractivity contribution in [3.05, 3.63) is 34.7 Å². The second-order valence-corrected chi connectivity index (χ2v) is 5.70. The summed E-state index contributed by atoms with van der Waals surface area (Å²) in [5, 5.41) is 2.81. The molecule has 7 heteroatoms. The molecule has 22 heavy (non-hydrogen) atoms. The molecule has 0 unspecified atom stereocenters. The number of aromatic nitrogens is 1. The maximum atomic E-state index is 12.3. The summed E-state index contributed by atoms with van der Waals surface area (Å²) in [5.74, 6) is -0.0439. The number of pyridine rings is 1. The zero-order valence-electron chi connectivity index (χ0n) is 12.4. The minimum Gasteiger partial charge on any atom is -0.341 e. The van der Waals surface area contributed by atoms with Crippen LogP contribution < -0.4 is 10.9 Å². The molecular weight excluding hydrogens is 284 g/mol.